The number of carbonyl (C=O) groups excluding carboxylic acids is 3. The minimum absolute atomic E-state index is 0. The van der Waals surface area contributed by atoms with E-state index in [9.17, 15) is 35.8 Å². The molecule has 166 valence electrons. The first-order valence-corrected chi connectivity index (χ1v) is 11.8. The molecule has 4 N–H and O–H groups in total. The number of hydrogen-bond acceptors (Lipinski definition) is 12. The van der Waals surface area contributed by atoms with Crippen molar-refractivity contribution in [3.05, 3.63) is 11.1 Å². The van der Waals surface area contributed by atoms with E-state index in [1.54, 1.807) is 5.38 Å². The topological polar surface area (TPSA) is 225 Å². The number of sulfonamides is 1. The average molecular weight is 527 g/mol. The van der Waals surface area contributed by atoms with Crippen LogP contribution in [0.1, 0.15) is 5.69 Å². The second-order valence-corrected chi connectivity index (χ2v) is 9.63. The van der Waals surface area contributed by atoms with E-state index in [0.29, 0.717) is 11.9 Å². The van der Waals surface area contributed by atoms with Crippen LogP contribution in [0.3, 0.4) is 0 Å². The number of rotatable bonds is 10. The molecular weight excluding hydrogens is 515 g/mol. The molecule has 1 saturated heterocycles. The van der Waals surface area contributed by atoms with Crippen molar-refractivity contribution in [2.45, 2.75) is 18.0 Å². The third kappa shape index (κ3) is 8.58. The Balaban J connectivity index is 0.00000480. The summed E-state index contributed by atoms with van der Waals surface area (Å²) in [6, 6.07) is -1.66. The molecule has 0 unspecified atom stereocenters. The molecule has 1 aromatic rings. The van der Waals surface area contributed by atoms with Crippen molar-refractivity contribution in [2.24, 2.45) is 5.16 Å². The van der Waals surface area contributed by atoms with E-state index in [1.165, 1.54) is 0 Å². The molecule has 15 nitrogen and oxygen atoms in total. The van der Waals surface area contributed by atoms with Gasteiger partial charge in [-0.3, -0.25) is 14.4 Å². The van der Waals surface area contributed by atoms with Crippen molar-refractivity contribution in [3.63, 3.8) is 0 Å². The molecule has 1 aliphatic rings. The van der Waals surface area contributed by atoms with Crippen LogP contribution in [0.4, 0.5) is 5.13 Å². The average Bonchev–Trinajstić information content (AvgIpc) is 3.06. The van der Waals surface area contributed by atoms with E-state index < -0.39 is 49.5 Å². The summed E-state index contributed by atoms with van der Waals surface area (Å²) in [4.78, 5) is 43.1. The molecule has 0 bridgehead atoms. The molecule has 0 radical (unpaired) electrons. The first kappa shape index (κ1) is 27.7. The maximum absolute atomic E-state index is 11.7. The SMILES string of the molecule is O=C(C=NOCc1csc(NC(=O)CCl)n1)N[C@@H]1C(=O)N[C@@H]1S(=O)(=O)NS(=O)(=O)[O-].[Na+]. The van der Waals surface area contributed by atoms with Gasteiger partial charge >= 0.3 is 29.6 Å². The number of halogens is 1. The molecule has 3 amide bonds. The molecule has 1 aromatic heterocycles. The van der Waals surface area contributed by atoms with E-state index in [1.807, 2.05) is 10.6 Å². The van der Waals surface area contributed by atoms with Crippen molar-refractivity contribution in [1.82, 2.24) is 19.7 Å². The van der Waals surface area contributed by atoms with E-state index in [0.717, 1.165) is 15.5 Å². The fourth-order valence-electron chi connectivity index (χ4n) is 1.91. The van der Waals surface area contributed by atoms with Crippen LogP contribution in [0.25, 0.3) is 0 Å². The fraction of sp³-hybridized carbons (Fsp3) is 0.364. The van der Waals surface area contributed by atoms with Gasteiger partial charge < -0.3 is 25.3 Å². The van der Waals surface area contributed by atoms with Crippen LogP contribution in [0.2, 0.25) is 0 Å². The number of nitrogens with one attached hydrogen (secondary N) is 4. The number of thiazole rings is 1. The molecule has 31 heavy (non-hydrogen) atoms. The quantitative estimate of drug-likeness (QED) is 0.0563. The molecule has 0 saturated carbocycles. The third-order valence-corrected chi connectivity index (χ3v) is 6.95. The number of carbonyl (C=O) groups is 3. The second kappa shape index (κ2) is 11.5. The zero-order chi connectivity index (χ0) is 22.5. The Hall–Kier alpha value is -1.38. The number of hydrogen-bond donors (Lipinski definition) is 4. The van der Waals surface area contributed by atoms with Gasteiger partial charge in [-0.15, -0.1) is 27.1 Å². The monoisotopic (exact) mass is 526 g/mol. The first-order chi connectivity index (χ1) is 13.9. The number of β-lactam (4-membered cyclic amide) rings is 1. The zero-order valence-corrected chi connectivity index (χ0v) is 20.6. The van der Waals surface area contributed by atoms with Crippen LogP contribution in [0.15, 0.2) is 10.5 Å². The molecule has 0 aliphatic carbocycles. The molecule has 2 heterocycles. The fourth-order valence-corrected chi connectivity index (χ4v) is 5.06. The zero-order valence-electron chi connectivity index (χ0n) is 15.4. The Kier molecular flexibility index (Phi) is 10.2. The summed E-state index contributed by atoms with van der Waals surface area (Å²) in [6.07, 6.45) is 0.593. The molecule has 2 atom stereocenters. The summed E-state index contributed by atoms with van der Waals surface area (Å²) in [5, 5.41) is 9.49. The van der Waals surface area contributed by atoms with Crippen LogP contribution in [0.5, 0.6) is 0 Å². The predicted molar refractivity (Wildman–Crippen MR) is 100 cm³/mol. The second-order valence-electron chi connectivity index (χ2n) is 5.33. The smallest absolute Gasteiger partial charge is 0.735 e. The molecule has 0 aromatic carbocycles. The number of alkyl halides is 1. The summed E-state index contributed by atoms with van der Waals surface area (Å²) >= 11 is 6.44. The Bertz CT molecular complexity index is 1080. The Morgan fingerprint density at radius 2 is 2.06 bits per heavy atom. The van der Waals surface area contributed by atoms with Crippen molar-refractivity contribution in [1.29, 1.82) is 0 Å². The van der Waals surface area contributed by atoms with Gasteiger partial charge in [0.2, 0.25) is 21.8 Å². The van der Waals surface area contributed by atoms with Crippen molar-refractivity contribution in [3.8, 4) is 0 Å². The van der Waals surface area contributed by atoms with Crippen molar-refractivity contribution in [2.75, 3.05) is 11.2 Å². The normalized spacial score (nSPS) is 18.5. The number of nitrogens with zero attached hydrogens (tertiary/aromatic N) is 2. The number of amides is 3. The van der Waals surface area contributed by atoms with Crippen LogP contribution < -0.4 is 49.6 Å². The maximum atomic E-state index is 11.7. The summed E-state index contributed by atoms with van der Waals surface area (Å²) in [7, 11) is -10.2. The van der Waals surface area contributed by atoms with Gasteiger partial charge in [-0.2, -0.15) is 0 Å². The maximum Gasteiger partial charge on any atom is 1.00 e. The van der Waals surface area contributed by atoms with Gasteiger partial charge in [0.25, 0.3) is 5.91 Å². The first-order valence-electron chi connectivity index (χ1n) is 7.46. The van der Waals surface area contributed by atoms with Gasteiger partial charge in [0.1, 0.15) is 18.1 Å². The number of aromatic nitrogens is 1. The van der Waals surface area contributed by atoms with Crippen molar-refractivity contribution >= 4 is 72.3 Å². The van der Waals surface area contributed by atoms with Crippen LogP contribution in [0, 0.1) is 0 Å². The van der Waals surface area contributed by atoms with Gasteiger partial charge in [-0.25, -0.2) is 21.8 Å². The Labute approximate surface area is 206 Å². The largest absolute Gasteiger partial charge is 1.00 e. The summed E-state index contributed by atoms with van der Waals surface area (Å²) in [5.74, 6) is -2.65. The van der Waals surface area contributed by atoms with E-state index in [-0.39, 0.29) is 47.2 Å². The molecule has 1 fully saturated rings. The Morgan fingerprint density at radius 1 is 1.39 bits per heavy atom. The van der Waals surface area contributed by atoms with Gasteiger partial charge in [-0.05, 0) is 0 Å². The van der Waals surface area contributed by atoms with E-state index in [2.05, 4.69) is 15.5 Å². The molecular formula is C11H12ClN6NaO9S3. The van der Waals surface area contributed by atoms with E-state index >= 15 is 0 Å². The van der Waals surface area contributed by atoms with Gasteiger partial charge in [0.05, 0.1) is 5.69 Å². The summed E-state index contributed by atoms with van der Waals surface area (Å²) < 4.78 is 55.9. The molecule has 2 rings (SSSR count). The molecule has 20 heteroatoms. The van der Waals surface area contributed by atoms with Gasteiger partial charge in [-0.1, -0.05) is 5.16 Å². The van der Waals surface area contributed by atoms with Gasteiger partial charge in [0, 0.05) is 5.38 Å². The van der Waals surface area contributed by atoms with Crippen molar-refractivity contribution < 1.29 is 70.2 Å². The minimum atomic E-state index is -5.36. The number of anilines is 1. The molecule has 1 aliphatic heterocycles. The molecule has 0 spiro atoms. The van der Waals surface area contributed by atoms with E-state index in [4.69, 9.17) is 16.4 Å². The third-order valence-electron chi connectivity index (χ3n) is 3.10. The summed E-state index contributed by atoms with van der Waals surface area (Å²) in [5.41, 5.74) is 0.372. The minimum Gasteiger partial charge on any atom is -0.735 e. The van der Waals surface area contributed by atoms with Crippen LogP contribution >= 0.6 is 22.9 Å². The summed E-state index contributed by atoms with van der Waals surface area (Å²) in [6.45, 7) is -0.177. The Morgan fingerprint density at radius 3 is 2.65 bits per heavy atom. The standard InChI is InChI=1S/C11H13ClN6O9S3.Na/c12-1-6(19)16-11-14-5(4-28-11)3-27-13-2-7(20)15-8-9(21)17-10(8)29(22,23)18-30(24,25)26;/h2,4,8,10,18H,1,3H2,(H,15,20)(H,17,21)(H,14,16,19)(H,24,25,26);/q;+1/p-1/t8-,10-;/m1./s1. The van der Waals surface area contributed by atoms with Crippen LogP contribution in [-0.2, 0) is 46.2 Å². The predicted octanol–water partition coefficient (Wildman–Crippen LogP) is -5.85. The van der Waals surface area contributed by atoms with Gasteiger partial charge in [0.15, 0.2) is 27.4 Å². The number of oxime groups is 1. The van der Waals surface area contributed by atoms with Crippen LogP contribution in [-0.4, -0.2) is 67.6 Å².